The van der Waals surface area contributed by atoms with Crippen LogP contribution < -0.4 is 9.62 Å². The van der Waals surface area contributed by atoms with Crippen LogP contribution in [0.4, 0.5) is 11.4 Å². The summed E-state index contributed by atoms with van der Waals surface area (Å²) >= 11 is 0. The van der Waals surface area contributed by atoms with Crippen molar-refractivity contribution in [2.45, 2.75) is 0 Å². The zero-order valence-corrected chi connectivity index (χ0v) is 8.71. The molecule has 5 heteroatoms. The minimum Gasteiger partial charge on any atom is -0.372 e. The molecule has 1 aromatic carbocycles. The smallest absolute Gasteiger partial charge is 0.234 e. The van der Waals surface area contributed by atoms with Crippen molar-refractivity contribution in [1.82, 2.24) is 0 Å². The second-order valence-corrected chi connectivity index (χ2v) is 5.20. The number of rotatable bonds is 0. The molecular formula is C9H12N2O2S. The Kier molecular flexibility index (Phi) is 2.11. The average Bonchev–Trinajstić information content (AvgIpc) is 2.25. The lowest BCUT2D eigenvalue weighted by atomic mass is 10.2. The molecule has 14 heavy (non-hydrogen) atoms. The Labute approximate surface area is 83.6 Å². The maximum Gasteiger partial charge on any atom is 0.234 e. The van der Waals surface area contributed by atoms with Crippen LogP contribution in [0.3, 0.4) is 0 Å². The van der Waals surface area contributed by atoms with E-state index in [1.165, 1.54) is 0 Å². The summed E-state index contributed by atoms with van der Waals surface area (Å²) in [7, 11) is -1.27. The Bertz CT molecular complexity index is 442. The quantitative estimate of drug-likeness (QED) is 0.694. The Morgan fingerprint density at radius 1 is 1.36 bits per heavy atom. The van der Waals surface area contributed by atoms with E-state index in [2.05, 4.69) is 4.72 Å². The van der Waals surface area contributed by atoms with E-state index in [4.69, 9.17) is 0 Å². The van der Waals surface area contributed by atoms with Gasteiger partial charge in [-0.05, 0) is 12.1 Å². The van der Waals surface area contributed by atoms with Crippen LogP contribution in [0.1, 0.15) is 0 Å². The molecule has 1 aromatic rings. The van der Waals surface area contributed by atoms with Crippen molar-refractivity contribution in [2.24, 2.45) is 0 Å². The van der Waals surface area contributed by atoms with E-state index in [1.807, 2.05) is 30.1 Å². The summed E-state index contributed by atoms with van der Waals surface area (Å²) in [5.41, 5.74) is 1.58. The van der Waals surface area contributed by atoms with E-state index in [9.17, 15) is 8.42 Å². The van der Waals surface area contributed by atoms with Crippen LogP contribution in [0.2, 0.25) is 0 Å². The lowest BCUT2D eigenvalue weighted by Gasteiger charge is -2.17. The van der Waals surface area contributed by atoms with Crippen molar-refractivity contribution in [1.29, 1.82) is 0 Å². The molecule has 76 valence electrons. The summed E-state index contributed by atoms with van der Waals surface area (Å²) in [6, 6.07) is 7.40. The van der Waals surface area contributed by atoms with E-state index in [0.717, 1.165) is 5.69 Å². The van der Waals surface area contributed by atoms with Crippen LogP contribution in [0.25, 0.3) is 0 Å². The monoisotopic (exact) mass is 212 g/mol. The highest BCUT2D eigenvalue weighted by Gasteiger charge is 2.19. The van der Waals surface area contributed by atoms with Crippen LogP contribution in [-0.2, 0) is 10.0 Å². The van der Waals surface area contributed by atoms with Crippen LogP contribution in [-0.4, -0.2) is 27.8 Å². The van der Waals surface area contributed by atoms with Gasteiger partial charge >= 0.3 is 0 Å². The molecule has 1 aliphatic heterocycles. The second-order valence-electron chi connectivity index (χ2n) is 3.36. The van der Waals surface area contributed by atoms with Gasteiger partial charge in [0.2, 0.25) is 10.0 Å². The van der Waals surface area contributed by atoms with Crippen LogP contribution in [0, 0.1) is 0 Å². The Hall–Kier alpha value is -1.23. The number of nitrogens with one attached hydrogen (secondary N) is 1. The molecule has 2 rings (SSSR count). The molecule has 0 unspecified atom stereocenters. The van der Waals surface area contributed by atoms with Gasteiger partial charge in [0.15, 0.2) is 0 Å². The summed E-state index contributed by atoms with van der Waals surface area (Å²) in [4.78, 5) is 1.94. The molecule has 0 bridgehead atoms. The SMILES string of the molecule is CN1CCS(=O)(=O)Nc2ccccc21. The van der Waals surface area contributed by atoms with Gasteiger partial charge < -0.3 is 4.90 Å². The van der Waals surface area contributed by atoms with E-state index < -0.39 is 10.0 Å². The Morgan fingerprint density at radius 3 is 2.86 bits per heavy atom. The van der Waals surface area contributed by atoms with Crippen LogP contribution in [0.5, 0.6) is 0 Å². The number of nitrogens with zero attached hydrogens (tertiary/aromatic N) is 1. The number of hydrogen-bond acceptors (Lipinski definition) is 3. The largest absolute Gasteiger partial charge is 0.372 e. The molecule has 0 fully saturated rings. The molecule has 0 atom stereocenters. The zero-order valence-electron chi connectivity index (χ0n) is 7.90. The highest BCUT2D eigenvalue weighted by molar-refractivity contribution is 7.92. The molecule has 1 N–H and O–H groups in total. The maximum atomic E-state index is 11.4. The third-order valence-corrected chi connectivity index (χ3v) is 3.53. The number of hydrogen-bond donors (Lipinski definition) is 1. The standard InChI is InChI=1S/C9H12N2O2S/c1-11-6-7-14(12,13)10-8-4-2-3-5-9(8)11/h2-5,10H,6-7H2,1H3. The molecule has 1 heterocycles. The summed E-state index contributed by atoms with van der Waals surface area (Å²) in [6.07, 6.45) is 0. The van der Waals surface area contributed by atoms with Crippen molar-refractivity contribution in [3.8, 4) is 0 Å². The van der Waals surface area contributed by atoms with Gasteiger partial charge in [0, 0.05) is 13.6 Å². The van der Waals surface area contributed by atoms with Gasteiger partial charge in [0.25, 0.3) is 0 Å². The number of para-hydroxylation sites is 2. The Balaban J connectivity index is 2.51. The molecule has 0 aliphatic carbocycles. The summed E-state index contributed by atoms with van der Waals surface area (Å²) < 4.78 is 25.4. The molecule has 4 nitrogen and oxygen atoms in total. The van der Waals surface area contributed by atoms with Gasteiger partial charge in [-0.25, -0.2) is 8.42 Å². The fourth-order valence-electron chi connectivity index (χ4n) is 1.49. The third-order valence-electron chi connectivity index (χ3n) is 2.28. The minimum atomic E-state index is -3.16. The number of anilines is 2. The van der Waals surface area contributed by atoms with Crippen LogP contribution in [0.15, 0.2) is 24.3 Å². The fourth-order valence-corrected chi connectivity index (χ4v) is 2.61. The van der Waals surface area contributed by atoms with E-state index >= 15 is 0 Å². The van der Waals surface area contributed by atoms with Crippen molar-refractivity contribution >= 4 is 21.4 Å². The number of sulfonamides is 1. The third kappa shape index (κ3) is 1.68. The summed E-state index contributed by atoms with van der Waals surface area (Å²) in [5, 5.41) is 0. The average molecular weight is 212 g/mol. The molecule has 0 aromatic heterocycles. The van der Waals surface area contributed by atoms with Gasteiger partial charge in [-0.2, -0.15) is 0 Å². The van der Waals surface area contributed by atoms with Gasteiger partial charge in [-0.15, -0.1) is 0 Å². The minimum absolute atomic E-state index is 0.137. The topological polar surface area (TPSA) is 49.4 Å². The maximum absolute atomic E-state index is 11.4. The van der Waals surface area contributed by atoms with Gasteiger partial charge in [0.05, 0.1) is 17.1 Å². The fraction of sp³-hybridized carbons (Fsp3) is 0.333. The van der Waals surface area contributed by atoms with E-state index in [-0.39, 0.29) is 5.75 Å². The molecule has 0 saturated carbocycles. The van der Waals surface area contributed by atoms with Crippen molar-refractivity contribution in [3.63, 3.8) is 0 Å². The molecule has 0 radical (unpaired) electrons. The Morgan fingerprint density at radius 2 is 2.07 bits per heavy atom. The molecule has 1 aliphatic rings. The molecule has 0 amide bonds. The number of fused-ring (bicyclic) bond motifs is 1. The van der Waals surface area contributed by atoms with Crippen LogP contribution >= 0.6 is 0 Å². The van der Waals surface area contributed by atoms with E-state index in [0.29, 0.717) is 12.2 Å². The molecule has 0 saturated heterocycles. The second kappa shape index (κ2) is 3.16. The highest BCUT2D eigenvalue weighted by atomic mass is 32.2. The van der Waals surface area contributed by atoms with Crippen molar-refractivity contribution in [3.05, 3.63) is 24.3 Å². The molecule has 0 spiro atoms. The van der Waals surface area contributed by atoms with Gasteiger partial charge in [-0.3, -0.25) is 4.72 Å². The van der Waals surface area contributed by atoms with Crippen molar-refractivity contribution in [2.75, 3.05) is 29.0 Å². The predicted molar refractivity (Wildman–Crippen MR) is 57.1 cm³/mol. The first kappa shape index (κ1) is 9.33. The van der Waals surface area contributed by atoms with E-state index in [1.54, 1.807) is 6.07 Å². The molecular weight excluding hydrogens is 200 g/mol. The summed E-state index contributed by atoms with van der Waals surface area (Å²) in [5.74, 6) is 0.137. The van der Waals surface area contributed by atoms with Gasteiger partial charge in [-0.1, -0.05) is 12.1 Å². The summed E-state index contributed by atoms with van der Waals surface area (Å²) in [6.45, 7) is 0.520. The lowest BCUT2D eigenvalue weighted by molar-refractivity contribution is 0.601. The van der Waals surface area contributed by atoms with Crippen molar-refractivity contribution < 1.29 is 8.42 Å². The van der Waals surface area contributed by atoms with Gasteiger partial charge in [0.1, 0.15) is 0 Å². The lowest BCUT2D eigenvalue weighted by Crippen LogP contribution is -2.23. The first-order valence-corrected chi connectivity index (χ1v) is 6.04. The first-order valence-electron chi connectivity index (χ1n) is 4.39. The zero-order chi connectivity index (χ0) is 10.2. The first-order chi connectivity index (χ1) is 6.58. The highest BCUT2D eigenvalue weighted by Crippen LogP contribution is 2.27. The normalized spacial score (nSPS) is 19.4. The number of benzene rings is 1. The predicted octanol–water partition coefficient (Wildman–Crippen LogP) is 0.878.